The molecule has 6 aromatic carbocycles. The Labute approximate surface area is 620 Å². The lowest BCUT2D eigenvalue weighted by Gasteiger charge is -2.34. The van der Waals surface area contributed by atoms with Crippen molar-refractivity contribution in [1.29, 1.82) is 0 Å². The number of benzene rings is 6. The van der Waals surface area contributed by atoms with Crippen LogP contribution in [0.2, 0.25) is 0 Å². The van der Waals surface area contributed by atoms with E-state index in [9.17, 15) is 32.3 Å². The summed E-state index contributed by atoms with van der Waals surface area (Å²) in [6.07, 6.45) is 7.95. The summed E-state index contributed by atoms with van der Waals surface area (Å²) in [4.78, 5) is 60.4. The van der Waals surface area contributed by atoms with Crippen molar-refractivity contribution in [2.45, 2.75) is 125 Å². The first-order chi connectivity index (χ1) is 50.1. The van der Waals surface area contributed by atoms with Crippen LogP contribution in [0, 0.1) is 29.3 Å². The van der Waals surface area contributed by atoms with E-state index in [1.807, 2.05) is 57.2 Å². The molecule has 3 amide bonds. The largest absolute Gasteiger partial charge is 0.444 e. The molecule has 7 fully saturated rings. The van der Waals surface area contributed by atoms with Gasteiger partial charge in [0.1, 0.15) is 42.0 Å². The molecule has 7 aliphatic heterocycles. The lowest BCUT2D eigenvalue weighted by molar-refractivity contribution is 0.108. The highest BCUT2D eigenvalue weighted by Gasteiger charge is 2.34. The number of rotatable bonds is 22. The predicted octanol–water partition coefficient (Wildman–Crippen LogP) is 12.7. The molecule has 0 unspecified atom stereocenters. The van der Waals surface area contributed by atoms with Gasteiger partial charge >= 0.3 is 18.3 Å². The van der Waals surface area contributed by atoms with Crippen LogP contribution in [0.1, 0.15) is 115 Å². The Balaban J connectivity index is 0.000000196. The predicted molar refractivity (Wildman–Crippen MR) is 410 cm³/mol. The minimum atomic E-state index is -0.445. The van der Waals surface area contributed by atoms with Crippen LogP contribution in [0.3, 0.4) is 0 Å². The SMILES string of the molecule is C.C.CC[C@H]1CN(c2ccc(-c3ccc(C=O)cc3)c(F)c2)C(=O)O1.CC[C@H]1CN(c2ccc(-c3ccc(CN4CCC(CCO)CC4)cc3)c(F)c2)C(=O)O1.CC[C@H]1CN(c2ccc(-c3ccc(CN4CCN(CCO)CC4)cc3)c(F)c2)C(=O)O1.OCCC1CCNCC1.OCCN1CCNCC1. The molecule has 23 heteroatoms. The van der Waals surface area contributed by atoms with Crippen LogP contribution >= 0.6 is 0 Å². The number of β-amino-alcohol motifs (C(OH)–C–C–N with tert-alkyl or cyclic N) is 2. The number of piperazine rings is 2. The van der Waals surface area contributed by atoms with E-state index in [2.05, 4.69) is 42.4 Å². The summed E-state index contributed by atoms with van der Waals surface area (Å²) in [5, 5.41) is 41.9. The number of nitrogens with one attached hydrogen (secondary N) is 2. The standard InChI is InChI=1S/C25H31FN2O3.C24H30FN3O3.C18H16FNO3.C7H15NO.C6H14N2O.2CH4/c1-2-22-17-28(25(30)31-22)21-7-8-23(24(26)15-21)20-5-3-19(4-6-20)16-27-12-9-18(10-13-27)11-14-29;1-2-21-17-28(24(30)31-21)20-7-8-22(23(25)15-20)19-5-3-18(4-6-19)16-27-11-9-26(10-12-27)13-14-29;1-2-15-10-20(18(22)23-15)14-7-8-16(17(19)9-14)13-5-3-12(11-21)4-6-13;9-6-3-7-1-4-8-5-2-7;9-6-5-8-3-1-7-2-4-8;;/h3-8,15,18,22,29H,2,9-14,16-17H2,1H3;3-8,15,21,29H,2,9-14,16-17H2,1H3;3-9,11,15H,2,10H2,1H3;7-9H,1-6H2;7,9H,1-6H2;2*1H4/t22-;21-;15-;;;;/m000..../s1. The first-order valence-corrected chi connectivity index (χ1v) is 36.9. The number of likely N-dealkylation sites (tertiary alicyclic amines) is 1. The number of hydrogen-bond donors (Lipinski definition) is 6. The van der Waals surface area contributed by atoms with E-state index in [1.165, 1.54) is 56.9 Å². The Morgan fingerprint density at radius 3 is 1.09 bits per heavy atom. The van der Waals surface area contributed by atoms with Gasteiger partial charge in [-0.05, 0) is 178 Å². The van der Waals surface area contributed by atoms with Crippen molar-refractivity contribution >= 4 is 41.6 Å². The monoisotopic (exact) mass is 1460 g/mol. The van der Waals surface area contributed by atoms with Gasteiger partial charge in [-0.15, -0.1) is 0 Å². The molecule has 0 spiro atoms. The van der Waals surface area contributed by atoms with Gasteiger partial charge in [-0.2, -0.15) is 0 Å². The molecule has 7 aliphatic rings. The molecular weight excluding hydrogens is 1340 g/mol. The molecule has 13 rings (SSSR count). The first-order valence-electron chi connectivity index (χ1n) is 36.9. The molecule has 0 bridgehead atoms. The number of aldehydes is 1. The molecule has 0 aromatic heterocycles. The summed E-state index contributed by atoms with van der Waals surface area (Å²) in [7, 11) is 0. The summed E-state index contributed by atoms with van der Waals surface area (Å²) in [5.41, 5.74) is 8.28. The number of ether oxygens (including phenoxy) is 3. The third-order valence-electron chi connectivity index (χ3n) is 20.2. The lowest BCUT2D eigenvalue weighted by atomic mass is 9.93. The Bertz CT molecular complexity index is 3420. The molecule has 7 heterocycles. The van der Waals surface area contributed by atoms with Gasteiger partial charge in [0.25, 0.3) is 0 Å². The smallest absolute Gasteiger partial charge is 0.414 e. The molecule has 20 nitrogen and oxygen atoms in total. The molecule has 6 N–H and O–H groups in total. The highest BCUT2D eigenvalue weighted by molar-refractivity contribution is 5.92. The number of amides is 3. The molecule has 0 saturated carbocycles. The Kier molecular flexibility index (Phi) is 35.2. The number of aliphatic hydroxyl groups is 4. The maximum Gasteiger partial charge on any atom is 0.414 e. The molecule has 105 heavy (non-hydrogen) atoms. The normalized spacial score (nSPS) is 19.6. The van der Waals surface area contributed by atoms with Crippen LogP contribution in [-0.4, -0.2) is 221 Å². The number of carbonyl (C=O) groups excluding carboxylic acids is 4. The van der Waals surface area contributed by atoms with Gasteiger partial charge in [-0.3, -0.25) is 39.1 Å². The van der Waals surface area contributed by atoms with Crippen molar-refractivity contribution in [3.63, 3.8) is 0 Å². The molecule has 0 radical (unpaired) electrons. The summed E-state index contributed by atoms with van der Waals surface area (Å²) in [5.74, 6) is 0.317. The fourth-order valence-electron chi connectivity index (χ4n) is 13.7. The molecule has 0 aliphatic carbocycles. The molecule has 6 aromatic rings. The zero-order valence-corrected chi connectivity index (χ0v) is 60.1. The maximum absolute atomic E-state index is 14.9. The number of halogens is 3. The van der Waals surface area contributed by atoms with Crippen LogP contribution in [0.25, 0.3) is 33.4 Å². The fourth-order valence-corrected chi connectivity index (χ4v) is 13.7. The average molecular weight is 1460 g/mol. The average Bonchev–Trinajstić information content (AvgIpc) is 1.79. The summed E-state index contributed by atoms with van der Waals surface area (Å²) >= 11 is 0. The van der Waals surface area contributed by atoms with Gasteiger partial charge in [-0.25, -0.2) is 27.6 Å². The van der Waals surface area contributed by atoms with Crippen LogP contribution in [0.15, 0.2) is 127 Å². The van der Waals surface area contributed by atoms with E-state index in [0.29, 0.717) is 83.6 Å². The highest BCUT2D eigenvalue weighted by atomic mass is 19.1. The van der Waals surface area contributed by atoms with Crippen LogP contribution in [0.4, 0.5) is 44.6 Å². The molecule has 7 saturated heterocycles. The lowest BCUT2D eigenvalue weighted by Crippen LogP contribution is -2.46. The van der Waals surface area contributed by atoms with Crippen molar-refractivity contribution < 1.29 is 67.0 Å². The Morgan fingerprint density at radius 2 is 0.752 bits per heavy atom. The van der Waals surface area contributed by atoms with E-state index < -0.39 is 24.1 Å². The number of hydrogen-bond acceptors (Lipinski definition) is 17. The van der Waals surface area contributed by atoms with Crippen molar-refractivity contribution in [1.82, 2.24) is 30.2 Å². The Hall–Kier alpha value is -7.81. The highest BCUT2D eigenvalue weighted by Crippen LogP contribution is 2.34. The minimum absolute atomic E-state index is 0. The quantitative estimate of drug-likeness (QED) is 0.0275. The number of anilines is 3. The summed E-state index contributed by atoms with van der Waals surface area (Å²) in [6, 6.07) is 37.2. The third kappa shape index (κ3) is 24.9. The van der Waals surface area contributed by atoms with Crippen molar-refractivity contribution in [2.75, 3.05) is 152 Å². The second-order valence-electron chi connectivity index (χ2n) is 27.3. The number of carbonyl (C=O) groups is 4. The van der Waals surface area contributed by atoms with E-state index in [-0.39, 0.29) is 58.0 Å². The minimum Gasteiger partial charge on any atom is -0.444 e. The molecule has 574 valence electrons. The van der Waals surface area contributed by atoms with Crippen LogP contribution < -0.4 is 25.3 Å². The first kappa shape index (κ1) is 84.5. The van der Waals surface area contributed by atoms with Crippen molar-refractivity contribution in [3.05, 3.63) is 162 Å². The van der Waals surface area contributed by atoms with E-state index in [1.54, 1.807) is 60.7 Å². The number of aliphatic hydroxyl groups excluding tert-OH is 4. The van der Waals surface area contributed by atoms with E-state index in [0.717, 1.165) is 173 Å². The molecular formula is C82H114F3N9O11. The van der Waals surface area contributed by atoms with Crippen molar-refractivity contribution in [2.24, 2.45) is 11.8 Å². The van der Waals surface area contributed by atoms with E-state index >= 15 is 0 Å². The van der Waals surface area contributed by atoms with Crippen molar-refractivity contribution in [3.8, 4) is 33.4 Å². The van der Waals surface area contributed by atoms with Gasteiger partial charge in [0.2, 0.25) is 0 Å². The topological polar surface area (TPSA) is 224 Å². The van der Waals surface area contributed by atoms with Gasteiger partial charge in [0.15, 0.2) is 0 Å². The zero-order chi connectivity index (χ0) is 73.0. The van der Waals surface area contributed by atoms with E-state index in [4.69, 9.17) is 34.6 Å². The number of nitrogens with zero attached hydrogens (tertiary/aromatic N) is 7. The van der Waals surface area contributed by atoms with Gasteiger partial charge in [-0.1, -0.05) is 108 Å². The second-order valence-corrected chi connectivity index (χ2v) is 27.3. The van der Waals surface area contributed by atoms with Crippen LogP contribution in [0.5, 0.6) is 0 Å². The van der Waals surface area contributed by atoms with Gasteiger partial charge < -0.3 is 45.3 Å². The fraction of sp³-hybridized carbons (Fsp3) is 0.512. The third-order valence-corrected chi connectivity index (χ3v) is 20.2. The van der Waals surface area contributed by atoms with Gasteiger partial charge in [0, 0.05) is 114 Å². The Morgan fingerprint density at radius 1 is 0.419 bits per heavy atom. The van der Waals surface area contributed by atoms with Crippen LogP contribution in [-0.2, 0) is 27.3 Å². The zero-order valence-electron chi connectivity index (χ0n) is 60.1. The number of cyclic esters (lactones) is 3. The number of piperidine rings is 2. The molecule has 3 atom stereocenters. The maximum atomic E-state index is 14.9. The van der Waals surface area contributed by atoms with Gasteiger partial charge in [0.05, 0.1) is 49.9 Å². The summed E-state index contributed by atoms with van der Waals surface area (Å²) in [6.45, 7) is 24.3. The second kappa shape index (κ2) is 43.7. The summed E-state index contributed by atoms with van der Waals surface area (Å²) < 4.78 is 59.9.